The number of carbonyl (C=O) groups excluding carboxylic acids is 2. The van der Waals surface area contributed by atoms with Gasteiger partial charge in [-0.1, -0.05) is 12.2 Å². The number of aliphatic hydroxyl groups excluding tert-OH is 1. The van der Waals surface area contributed by atoms with Crippen molar-refractivity contribution in [3.05, 3.63) is 24.0 Å². The van der Waals surface area contributed by atoms with Gasteiger partial charge in [-0.2, -0.15) is 5.10 Å². The molecule has 1 heterocycles. The van der Waals surface area contributed by atoms with Crippen LogP contribution in [0, 0.1) is 0 Å². The molecule has 1 aromatic heterocycles. The van der Waals surface area contributed by atoms with Gasteiger partial charge < -0.3 is 21.1 Å². The number of H-pyrrole nitrogens is 1. The molecule has 0 radical (unpaired) electrons. The number of rotatable bonds is 5. The number of carbonyl (C=O) groups is 2. The summed E-state index contributed by atoms with van der Waals surface area (Å²) < 4.78 is 0. The van der Waals surface area contributed by atoms with Crippen LogP contribution in [0.25, 0.3) is 0 Å². The number of nitrogens with one attached hydrogen (secondary N) is 4. The van der Waals surface area contributed by atoms with Gasteiger partial charge in [-0.15, -0.1) is 0 Å². The molecule has 0 aromatic carbocycles. The normalized spacial score (nSPS) is 20.6. The molecule has 23 heavy (non-hydrogen) atoms. The lowest BCUT2D eigenvalue weighted by molar-refractivity contribution is 0.0864. The second kappa shape index (κ2) is 7.77. The second-order valence-electron chi connectivity index (χ2n) is 5.89. The number of nitrogens with zero attached hydrogens (tertiary/aromatic N) is 1. The fourth-order valence-corrected chi connectivity index (χ4v) is 2.43. The van der Waals surface area contributed by atoms with Crippen LogP contribution >= 0.6 is 0 Å². The summed E-state index contributed by atoms with van der Waals surface area (Å²) >= 11 is 0. The van der Waals surface area contributed by atoms with Gasteiger partial charge in [-0.3, -0.25) is 9.89 Å². The molecule has 0 saturated heterocycles. The molecule has 1 saturated carbocycles. The van der Waals surface area contributed by atoms with E-state index in [-0.39, 0.29) is 23.7 Å². The minimum atomic E-state index is -0.427. The molecule has 5 N–H and O–H groups in total. The van der Waals surface area contributed by atoms with E-state index in [0.717, 1.165) is 18.4 Å². The Balaban J connectivity index is 1.90. The summed E-state index contributed by atoms with van der Waals surface area (Å²) in [6, 6.07) is -0.406. The van der Waals surface area contributed by atoms with Gasteiger partial charge in [0, 0.05) is 18.8 Å². The summed E-state index contributed by atoms with van der Waals surface area (Å²) in [5.74, 6) is -0.345. The summed E-state index contributed by atoms with van der Waals surface area (Å²) in [4.78, 5) is 24.0. The minimum absolute atomic E-state index is 0.0210. The molecule has 3 amide bonds. The van der Waals surface area contributed by atoms with E-state index in [1.54, 1.807) is 6.92 Å². The van der Waals surface area contributed by atoms with Crippen molar-refractivity contribution in [2.45, 2.75) is 44.8 Å². The smallest absolute Gasteiger partial charge is 0.319 e. The third-order valence-corrected chi connectivity index (χ3v) is 3.69. The number of aliphatic hydroxyl groups is 1. The van der Waals surface area contributed by atoms with Gasteiger partial charge in [0.2, 0.25) is 0 Å². The number of hydrogen-bond donors (Lipinski definition) is 5. The van der Waals surface area contributed by atoms with Gasteiger partial charge >= 0.3 is 6.03 Å². The molecule has 0 unspecified atom stereocenters. The fourth-order valence-electron chi connectivity index (χ4n) is 2.43. The molecule has 0 atom stereocenters. The zero-order valence-corrected chi connectivity index (χ0v) is 13.2. The van der Waals surface area contributed by atoms with E-state index >= 15 is 0 Å². The number of aromatic amines is 1. The molecule has 1 aliphatic carbocycles. The van der Waals surface area contributed by atoms with Crippen molar-refractivity contribution < 1.29 is 14.7 Å². The molecule has 1 aromatic rings. The van der Waals surface area contributed by atoms with Crippen LogP contribution in [-0.4, -0.2) is 45.9 Å². The van der Waals surface area contributed by atoms with Gasteiger partial charge in [-0.25, -0.2) is 4.79 Å². The highest BCUT2D eigenvalue weighted by atomic mass is 16.3. The highest BCUT2D eigenvalue weighted by molar-refractivity contribution is 6.01. The van der Waals surface area contributed by atoms with Crippen molar-refractivity contribution in [1.29, 1.82) is 0 Å². The zero-order valence-electron chi connectivity index (χ0n) is 13.2. The van der Waals surface area contributed by atoms with Crippen LogP contribution in [0.2, 0.25) is 0 Å². The largest absolute Gasteiger partial charge is 0.393 e. The maximum Gasteiger partial charge on any atom is 0.319 e. The first kappa shape index (κ1) is 17.0. The maximum atomic E-state index is 12.3. The van der Waals surface area contributed by atoms with Gasteiger partial charge in [0.25, 0.3) is 5.91 Å². The van der Waals surface area contributed by atoms with Crippen molar-refractivity contribution >= 4 is 17.6 Å². The summed E-state index contributed by atoms with van der Waals surface area (Å²) in [6.07, 6.45) is 4.01. The average Bonchev–Trinajstić information content (AvgIpc) is 2.95. The fraction of sp³-hybridized carbons (Fsp3) is 0.533. The predicted octanol–water partition coefficient (Wildman–Crippen LogP) is 1.14. The molecule has 1 aliphatic rings. The monoisotopic (exact) mass is 321 g/mol. The molecular weight excluding hydrogens is 298 g/mol. The first-order chi connectivity index (χ1) is 11.0. The van der Waals surface area contributed by atoms with E-state index in [1.807, 2.05) is 0 Å². The molecule has 1 fully saturated rings. The van der Waals surface area contributed by atoms with Crippen LogP contribution < -0.4 is 16.0 Å². The highest BCUT2D eigenvalue weighted by Gasteiger charge is 2.23. The lowest BCUT2D eigenvalue weighted by Gasteiger charge is -2.25. The molecule has 126 valence electrons. The Bertz CT molecular complexity index is 575. The summed E-state index contributed by atoms with van der Waals surface area (Å²) in [5.41, 5.74) is 1.28. The van der Waals surface area contributed by atoms with E-state index in [2.05, 4.69) is 32.7 Å². The van der Waals surface area contributed by atoms with Crippen molar-refractivity contribution in [2.24, 2.45) is 0 Å². The summed E-state index contributed by atoms with van der Waals surface area (Å²) in [7, 11) is 0. The Morgan fingerprint density at radius 1 is 1.39 bits per heavy atom. The first-order valence-corrected chi connectivity index (χ1v) is 7.67. The van der Waals surface area contributed by atoms with Gasteiger partial charge in [-0.05, 0) is 32.6 Å². The number of anilines is 1. The Labute approximate surface area is 134 Å². The van der Waals surface area contributed by atoms with E-state index in [4.69, 9.17) is 0 Å². The third-order valence-electron chi connectivity index (χ3n) is 3.69. The van der Waals surface area contributed by atoms with Crippen LogP contribution in [0.4, 0.5) is 10.5 Å². The molecule has 2 rings (SSSR count). The number of hydrogen-bond acceptors (Lipinski definition) is 4. The molecule has 8 nitrogen and oxygen atoms in total. The van der Waals surface area contributed by atoms with Crippen molar-refractivity contribution in [2.75, 3.05) is 11.9 Å². The molecule has 0 aliphatic heterocycles. The lowest BCUT2D eigenvalue weighted by Crippen LogP contribution is -2.39. The van der Waals surface area contributed by atoms with Crippen molar-refractivity contribution in [3.8, 4) is 0 Å². The molecular formula is C15H23N5O3. The lowest BCUT2D eigenvalue weighted by atomic mass is 9.93. The van der Waals surface area contributed by atoms with E-state index in [9.17, 15) is 14.7 Å². The first-order valence-electron chi connectivity index (χ1n) is 7.67. The van der Waals surface area contributed by atoms with Gasteiger partial charge in [0.15, 0.2) is 5.69 Å². The van der Waals surface area contributed by atoms with E-state index < -0.39 is 6.03 Å². The quantitative estimate of drug-likeness (QED) is 0.522. The van der Waals surface area contributed by atoms with Crippen LogP contribution in [-0.2, 0) is 0 Å². The standard InChI is InChI=1S/C15H23N5O3/c1-9(2)7-16-15(23)19-12-8-17-20-13(12)14(22)18-10-3-5-11(21)6-4-10/h8,10-11,21H,1,3-7H2,2H3,(H,17,20)(H,18,22)(H2,16,19,23)/t10-,11-. The Morgan fingerprint density at radius 3 is 2.74 bits per heavy atom. The maximum absolute atomic E-state index is 12.3. The van der Waals surface area contributed by atoms with Crippen molar-refractivity contribution in [3.63, 3.8) is 0 Å². The molecule has 0 spiro atoms. The molecule has 0 bridgehead atoms. The van der Waals surface area contributed by atoms with Crippen LogP contribution in [0.3, 0.4) is 0 Å². The summed E-state index contributed by atoms with van der Waals surface area (Å²) in [6.45, 7) is 5.86. The zero-order chi connectivity index (χ0) is 16.8. The summed E-state index contributed by atoms with van der Waals surface area (Å²) in [5, 5.41) is 24.1. The van der Waals surface area contributed by atoms with Crippen molar-refractivity contribution in [1.82, 2.24) is 20.8 Å². The number of aromatic nitrogens is 2. The predicted molar refractivity (Wildman–Crippen MR) is 86.2 cm³/mol. The Hall–Kier alpha value is -2.35. The van der Waals surface area contributed by atoms with Gasteiger partial charge in [0.05, 0.1) is 11.8 Å². The second-order valence-corrected chi connectivity index (χ2v) is 5.89. The van der Waals surface area contributed by atoms with E-state index in [1.165, 1.54) is 6.20 Å². The highest BCUT2D eigenvalue weighted by Crippen LogP contribution is 2.19. The average molecular weight is 321 g/mol. The third kappa shape index (κ3) is 5.10. The molecule has 8 heteroatoms. The van der Waals surface area contributed by atoms with Crippen LogP contribution in [0.1, 0.15) is 43.1 Å². The van der Waals surface area contributed by atoms with E-state index in [0.29, 0.717) is 25.1 Å². The number of amides is 3. The topological polar surface area (TPSA) is 119 Å². The van der Waals surface area contributed by atoms with Crippen LogP contribution in [0.15, 0.2) is 18.3 Å². The Morgan fingerprint density at radius 2 is 2.09 bits per heavy atom. The SMILES string of the molecule is C=C(C)CNC(=O)Nc1c[nH]nc1C(=O)N[C@H]1CC[C@H](O)CC1. The van der Waals surface area contributed by atoms with Gasteiger partial charge in [0.1, 0.15) is 0 Å². The minimum Gasteiger partial charge on any atom is -0.393 e. The number of urea groups is 1. The van der Waals surface area contributed by atoms with Crippen LogP contribution in [0.5, 0.6) is 0 Å². The Kier molecular flexibility index (Phi) is 5.75.